The SMILES string of the molecule is COc1ccc(CNc2nc3cc(CCC4=C[C@@H](n5ccc6c(N)ncnc65)[C@@H]5OC(C)(C)O[C@H]45)cc(F)c3cc2Cl)cc1. The van der Waals surface area contributed by atoms with Crippen molar-refractivity contribution in [1.82, 2.24) is 19.5 Å². The number of hydrogen-bond acceptors (Lipinski definition) is 8. The molecule has 2 aromatic carbocycles. The van der Waals surface area contributed by atoms with Crippen LogP contribution in [0.1, 0.15) is 37.4 Å². The van der Waals surface area contributed by atoms with Crippen LogP contribution in [0.4, 0.5) is 16.0 Å². The normalized spacial score (nSPS) is 20.7. The lowest BCUT2D eigenvalue weighted by atomic mass is 10.0. The first-order valence-corrected chi connectivity index (χ1v) is 14.9. The summed E-state index contributed by atoms with van der Waals surface area (Å²) in [6.07, 6.45) is 6.40. The summed E-state index contributed by atoms with van der Waals surface area (Å²) >= 11 is 6.49. The average molecular weight is 615 g/mol. The number of nitrogens with one attached hydrogen (secondary N) is 1. The van der Waals surface area contributed by atoms with E-state index in [-0.39, 0.29) is 24.1 Å². The van der Waals surface area contributed by atoms with Gasteiger partial charge in [-0.25, -0.2) is 19.3 Å². The van der Waals surface area contributed by atoms with Crippen LogP contribution in [0.25, 0.3) is 21.9 Å². The van der Waals surface area contributed by atoms with Crippen LogP contribution in [0, 0.1) is 5.82 Å². The van der Waals surface area contributed by atoms with Gasteiger partial charge in [-0.2, -0.15) is 0 Å². The van der Waals surface area contributed by atoms with Crippen molar-refractivity contribution in [2.75, 3.05) is 18.2 Å². The van der Waals surface area contributed by atoms with Crippen LogP contribution in [-0.4, -0.2) is 44.6 Å². The van der Waals surface area contributed by atoms with E-state index in [4.69, 9.17) is 31.5 Å². The van der Waals surface area contributed by atoms with E-state index in [0.717, 1.165) is 33.5 Å². The standard InChI is InChI=1S/C33H32ClFN6O3/c1-33(2)43-28-20(14-27(29(28)44-33)41-11-10-22-30(36)38-17-39-32(22)41)7-4-19-12-25(35)23-15-24(34)31(40-26(23)13-19)37-16-18-5-8-21(42-3)9-6-18/h5-6,8-15,17,27-29H,4,7,16H2,1-3H3,(H,37,40)(H2,36,38,39)/t27-,28-,29+/m1/s1. The molecule has 9 nitrogen and oxygen atoms in total. The quantitative estimate of drug-likeness (QED) is 0.188. The molecule has 1 fully saturated rings. The Labute approximate surface area is 258 Å². The predicted molar refractivity (Wildman–Crippen MR) is 168 cm³/mol. The van der Waals surface area contributed by atoms with Gasteiger partial charge < -0.3 is 29.8 Å². The van der Waals surface area contributed by atoms with Gasteiger partial charge >= 0.3 is 0 Å². The molecule has 44 heavy (non-hydrogen) atoms. The second-order valence-corrected chi connectivity index (χ2v) is 12.0. The molecule has 0 saturated carbocycles. The number of methoxy groups -OCH3 is 1. The Balaban J connectivity index is 1.13. The number of benzene rings is 2. The Morgan fingerprint density at radius 1 is 1.05 bits per heavy atom. The molecule has 3 aromatic heterocycles. The van der Waals surface area contributed by atoms with Crippen molar-refractivity contribution in [1.29, 1.82) is 0 Å². The Morgan fingerprint density at radius 2 is 1.86 bits per heavy atom. The van der Waals surface area contributed by atoms with Gasteiger partial charge in [-0.3, -0.25) is 0 Å². The van der Waals surface area contributed by atoms with Gasteiger partial charge in [0.2, 0.25) is 0 Å². The van der Waals surface area contributed by atoms with E-state index < -0.39 is 5.79 Å². The van der Waals surface area contributed by atoms with Crippen LogP contribution in [0.3, 0.4) is 0 Å². The second-order valence-electron chi connectivity index (χ2n) is 11.6. The van der Waals surface area contributed by atoms with Gasteiger partial charge in [0.25, 0.3) is 0 Å². The first-order chi connectivity index (χ1) is 21.2. The number of pyridine rings is 1. The number of fused-ring (bicyclic) bond motifs is 3. The number of anilines is 2. The molecular formula is C33H32ClFN6O3. The minimum atomic E-state index is -0.739. The summed E-state index contributed by atoms with van der Waals surface area (Å²) < 4.78 is 35.3. The van der Waals surface area contributed by atoms with Crippen molar-refractivity contribution in [3.05, 3.63) is 94.7 Å². The molecule has 0 amide bonds. The molecule has 2 aliphatic rings. The van der Waals surface area contributed by atoms with Crippen molar-refractivity contribution in [2.24, 2.45) is 0 Å². The number of nitrogens with two attached hydrogens (primary N) is 1. The number of nitrogen functional groups attached to an aromatic ring is 1. The number of halogens is 2. The second kappa shape index (κ2) is 11.0. The van der Waals surface area contributed by atoms with Crippen LogP contribution in [0.5, 0.6) is 5.75 Å². The summed E-state index contributed by atoms with van der Waals surface area (Å²) in [5.74, 6) is 0.619. The van der Waals surface area contributed by atoms with E-state index in [2.05, 4.69) is 30.9 Å². The number of aryl methyl sites for hydroxylation is 1. The zero-order valence-electron chi connectivity index (χ0n) is 24.6. The summed E-state index contributed by atoms with van der Waals surface area (Å²) in [7, 11) is 1.63. The zero-order valence-corrected chi connectivity index (χ0v) is 25.3. The molecule has 226 valence electrons. The third kappa shape index (κ3) is 5.23. The largest absolute Gasteiger partial charge is 0.497 e. The molecule has 3 atom stereocenters. The highest BCUT2D eigenvalue weighted by Gasteiger charge is 2.50. The summed E-state index contributed by atoms with van der Waals surface area (Å²) in [6, 6.07) is 14.6. The smallest absolute Gasteiger partial charge is 0.164 e. The summed E-state index contributed by atoms with van der Waals surface area (Å²) in [4.78, 5) is 13.3. The van der Waals surface area contributed by atoms with Crippen molar-refractivity contribution in [3.8, 4) is 5.75 Å². The van der Waals surface area contributed by atoms with Crippen molar-refractivity contribution < 1.29 is 18.6 Å². The molecule has 1 aliphatic carbocycles. The molecule has 0 spiro atoms. The Hall–Kier alpha value is -4.25. The third-order valence-electron chi connectivity index (χ3n) is 8.30. The molecule has 0 radical (unpaired) electrons. The molecule has 3 N–H and O–H groups in total. The van der Waals surface area contributed by atoms with Gasteiger partial charge in [0, 0.05) is 18.1 Å². The van der Waals surface area contributed by atoms with Crippen LogP contribution in [0.2, 0.25) is 5.02 Å². The molecule has 1 aliphatic heterocycles. The highest BCUT2D eigenvalue weighted by molar-refractivity contribution is 6.33. The third-order valence-corrected chi connectivity index (χ3v) is 8.58. The molecular weight excluding hydrogens is 583 g/mol. The highest BCUT2D eigenvalue weighted by atomic mass is 35.5. The van der Waals surface area contributed by atoms with Crippen molar-refractivity contribution in [2.45, 2.75) is 57.3 Å². The topological polar surface area (TPSA) is 109 Å². The fourth-order valence-electron chi connectivity index (χ4n) is 6.18. The van der Waals surface area contributed by atoms with E-state index in [1.807, 2.05) is 56.4 Å². The average Bonchev–Trinajstić information content (AvgIpc) is 3.67. The van der Waals surface area contributed by atoms with Crippen LogP contribution >= 0.6 is 11.6 Å². The molecule has 5 aromatic rings. The van der Waals surface area contributed by atoms with Crippen molar-refractivity contribution >= 4 is 45.2 Å². The zero-order chi connectivity index (χ0) is 30.6. The maximum atomic E-state index is 15.3. The molecule has 0 bridgehead atoms. The van der Waals surface area contributed by atoms with Gasteiger partial charge in [-0.1, -0.05) is 29.8 Å². The first-order valence-electron chi connectivity index (χ1n) is 14.5. The Morgan fingerprint density at radius 3 is 2.66 bits per heavy atom. The molecule has 7 rings (SSSR count). The lowest BCUT2D eigenvalue weighted by Gasteiger charge is -2.22. The van der Waals surface area contributed by atoms with Gasteiger partial charge in [-0.15, -0.1) is 0 Å². The van der Waals surface area contributed by atoms with Crippen LogP contribution in [0.15, 0.2) is 72.7 Å². The first kappa shape index (κ1) is 28.5. The number of ether oxygens (including phenoxy) is 3. The molecule has 1 saturated heterocycles. The highest BCUT2D eigenvalue weighted by Crippen LogP contribution is 2.45. The van der Waals surface area contributed by atoms with Gasteiger partial charge in [0.15, 0.2) is 5.79 Å². The minimum Gasteiger partial charge on any atom is -0.497 e. The Kier molecular flexibility index (Phi) is 7.15. The molecule has 0 unspecified atom stereocenters. The summed E-state index contributed by atoms with van der Waals surface area (Å²) in [5.41, 5.74) is 10.3. The van der Waals surface area contributed by atoms with Crippen LogP contribution in [-0.2, 0) is 22.4 Å². The fraction of sp³-hybridized carbons (Fsp3) is 0.303. The lowest BCUT2D eigenvalue weighted by molar-refractivity contribution is -0.147. The van der Waals surface area contributed by atoms with Crippen molar-refractivity contribution in [3.63, 3.8) is 0 Å². The number of aromatic nitrogens is 4. The van der Waals surface area contributed by atoms with E-state index in [9.17, 15) is 0 Å². The van der Waals surface area contributed by atoms with E-state index in [0.29, 0.717) is 46.9 Å². The van der Waals surface area contributed by atoms with Gasteiger partial charge in [0.1, 0.15) is 47.4 Å². The number of rotatable bonds is 8. The van der Waals surface area contributed by atoms with Gasteiger partial charge in [0.05, 0.1) is 29.1 Å². The maximum absolute atomic E-state index is 15.3. The molecule has 4 heterocycles. The predicted octanol–water partition coefficient (Wildman–Crippen LogP) is 6.61. The minimum absolute atomic E-state index is 0.139. The van der Waals surface area contributed by atoms with E-state index in [1.165, 1.54) is 6.33 Å². The van der Waals surface area contributed by atoms with Crippen LogP contribution < -0.4 is 15.8 Å². The molecule has 11 heteroatoms. The number of nitrogens with zero attached hydrogens (tertiary/aromatic N) is 4. The monoisotopic (exact) mass is 614 g/mol. The fourth-order valence-corrected chi connectivity index (χ4v) is 6.40. The maximum Gasteiger partial charge on any atom is 0.164 e. The van der Waals surface area contributed by atoms with E-state index in [1.54, 1.807) is 19.2 Å². The van der Waals surface area contributed by atoms with E-state index >= 15 is 4.39 Å². The Bertz CT molecular complexity index is 1910. The number of hydrogen-bond donors (Lipinski definition) is 2. The summed E-state index contributed by atoms with van der Waals surface area (Å²) in [6.45, 7) is 4.35. The summed E-state index contributed by atoms with van der Waals surface area (Å²) in [5, 5.41) is 4.81. The van der Waals surface area contributed by atoms with Gasteiger partial charge in [-0.05, 0) is 79.8 Å². The lowest BCUT2D eigenvalue weighted by Crippen LogP contribution is -2.27.